The summed E-state index contributed by atoms with van der Waals surface area (Å²) in [6.45, 7) is 2.00. The summed E-state index contributed by atoms with van der Waals surface area (Å²) in [5, 5.41) is 3.02. The zero-order valence-corrected chi connectivity index (χ0v) is 12.3. The SMILES string of the molecule is CNC1CCCN(S(=O)(=O)c2cc(F)c(C)cc2F)C1. The summed E-state index contributed by atoms with van der Waals surface area (Å²) in [6, 6.07) is 1.72. The number of aryl methyl sites for hydroxylation is 1. The molecule has 1 N–H and O–H groups in total. The van der Waals surface area contributed by atoms with Crippen molar-refractivity contribution in [3.8, 4) is 0 Å². The number of nitrogens with one attached hydrogen (secondary N) is 1. The first-order valence-corrected chi connectivity index (χ1v) is 7.93. The van der Waals surface area contributed by atoms with Gasteiger partial charge in [0.1, 0.15) is 16.5 Å². The van der Waals surface area contributed by atoms with Crippen LogP contribution in [-0.2, 0) is 10.0 Å². The topological polar surface area (TPSA) is 49.4 Å². The molecule has 0 spiro atoms. The zero-order valence-electron chi connectivity index (χ0n) is 11.5. The van der Waals surface area contributed by atoms with Crippen LogP contribution in [0, 0.1) is 18.6 Å². The Kier molecular flexibility index (Phi) is 4.41. The van der Waals surface area contributed by atoms with E-state index in [4.69, 9.17) is 0 Å². The number of nitrogens with zero attached hydrogens (tertiary/aromatic N) is 1. The molecule has 1 aliphatic heterocycles. The molecule has 1 aliphatic rings. The van der Waals surface area contributed by atoms with Gasteiger partial charge in [-0.1, -0.05) is 0 Å². The number of rotatable bonds is 3. The Morgan fingerprint density at radius 1 is 1.30 bits per heavy atom. The van der Waals surface area contributed by atoms with E-state index in [2.05, 4.69) is 5.32 Å². The molecule has 20 heavy (non-hydrogen) atoms. The van der Waals surface area contributed by atoms with Gasteiger partial charge in [0.15, 0.2) is 0 Å². The van der Waals surface area contributed by atoms with Crippen LogP contribution in [0.15, 0.2) is 17.0 Å². The Bertz CT molecular complexity index is 605. The van der Waals surface area contributed by atoms with Gasteiger partial charge < -0.3 is 5.32 Å². The van der Waals surface area contributed by atoms with Crippen LogP contribution in [0.1, 0.15) is 18.4 Å². The highest BCUT2D eigenvalue weighted by Gasteiger charge is 2.32. The fourth-order valence-electron chi connectivity index (χ4n) is 2.36. The highest BCUT2D eigenvalue weighted by Crippen LogP contribution is 2.25. The fourth-order valence-corrected chi connectivity index (χ4v) is 3.94. The smallest absolute Gasteiger partial charge is 0.246 e. The maximum Gasteiger partial charge on any atom is 0.246 e. The lowest BCUT2D eigenvalue weighted by molar-refractivity contribution is 0.292. The lowest BCUT2D eigenvalue weighted by atomic mass is 10.1. The van der Waals surface area contributed by atoms with E-state index >= 15 is 0 Å². The third kappa shape index (κ3) is 2.84. The number of hydrogen-bond donors (Lipinski definition) is 1. The highest BCUT2D eigenvalue weighted by molar-refractivity contribution is 7.89. The summed E-state index contributed by atoms with van der Waals surface area (Å²) < 4.78 is 53.5. The average Bonchev–Trinajstić information content (AvgIpc) is 2.42. The molecule has 0 aromatic heterocycles. The molecular weight excluding hydrogens is 286 g/mol. The molecular formula is C13H18F2N2O2S. The lowest BCUT2D eigenvalue weighted by Crippen LogP contribution is -2.47. The lowest BCUT2D eigenvalue weighted by Gasteiger charge is -2.31. The van der Waals surface area contributed by atoms with Gasteiger partial charge in [-0.25, -0.2) is 17.2 Å². The summed E-state index contributed by atoms with van der Waals surface area (Å²) in [5.74, 6) is -1.62. The summed E-state index contributed by atoms with van der Waals surface area (Å²) in [6.07, 6.45) is 1.56. The van der Waals surface area contributed by atoms with Gasteiger partial charge in [0.25, 0.3) is 0 Å². The second kappa shape index (κ2) is 5.75. The molecule has 0 bridgehead atoms. The van der Waals surface area contributed by atoms with E-state index in [0.717, 1.165) is 18.6 Å². The molecule has 0 saturated carbocycles. The number of piperidine rings is 1. The molecule has 0 aliphatic carbocycles. The maximum absolute atomic E-state index is 13.9. The first-order valence-electron chi connectivity index (χ1n) is 6.49. The summed E-state index contributed by atoms with van der Waals surface area (Å²) >= 11 is 0. The molecule has 1 atom stereocenters. The van der Waals surface area contributed by atoms with Crippen LogP contribution in [0.4, 0.5) is 8.78 Å². The summed E-state index contributed by atoms with van der Waals surface area (Å²) in [5.41, 5.74) is 0.0909. The fraction of sp³-hybridized carbons (Fsp3) is 0.538. The number of halogens is 2. The van der Waals surface area contributed by atoms with Crippen molar-refractivity contribution in [2.75, 3.05) is 20.1 Å². The van der Waals surface area contributed by atoms with Crippen LogP contribution in [0.2, 0.25) is 0 Å². The van der Waals surface area contributed by atoms with Gasteiger partial charge in [-0.15, -0.1) is 0 Å². The van der Waals surface area contributed by atoms with Crippen LogP contribution >= 0.6 is 0 Å². The minimum atomic E-state index is -4.00. The van der Waals surface area contributed by atoms with Crippen LogP contribution in [0.25, 0.3) is 0 Å². The van der Waals surface area contributed by atoms with Crippen LogP contribution in [0.3, 0.4) is 0 Å². The van der Waals surface area contributed by atoms with Gasteiger partial charge in [-0.3, -0.25) is 0 Å². The Labute approximate surface area is 117 Å². The molecule has 1 saturated heterocycles. The molecule has 0 amide bonds. The number of hydrogen-bond acceptors (Lipinski definition) is 3. The van der Waals surface area contributed by atoms with Gasteiger partial charge in [0.05, 0.1) is 0 Å². The molecule has 1 aromatic carbocycles. The van der Waals surface area contributed by atoms with Crippen molar-refractivity contribution < 1.29 is 17.2 Å². The summed E-state index contributed by atoms with van der Waals surface area (Å²) in [4.78, 5) is -0.586. The molecule has 4 nitrogen and oxygen atoms in total. The first-order chi connectivity index (χ1) is 9.36. The predicted octanol–water partition coefficient (Wildman–Crippen LogP) is 1.65. The van der Waals surface area contributed by atoms with Gasteiger partial charge in [0, 0.05) is 19.1 Å². The normalized spacial score (nSPS) is 21.1. The van der Waals surface area contributed by atoms with Gasteiger partial charge in [-0.2, -0.15) is 4.31 Å². The van der Waals surface area contributed by atoms with E-state index in [1.165, 1.54) is 11.2 Å². The first kappa shape index (κ1) is 15.3. The second-order valence-corrected chi connectivity index (χ2v) is 6.93. The Balaban J connectivity index is 2.37. The van der Waals surface area contributed by atoms with Crippen LogP contribution in [0.5, 0.6) is 0 Å². The largest absolute Gasteiger partial charge is 0.316 e. The van der Waals surface area contributed by atoms with Crippen molar-refractivity contribution in [3.63, 3.8) is 0 Å². The minimum absolute atomic E-state index is 0.0388. The molecule has 0 radical (unpaired) electrons. The standard InChI is InChI=1S/C13H18F2N2O2S/c1-9-6-12(15)13(7-11(9)14)20(18,19)17-5-3-4-10(8-17)16-2/h6-7,10,16H,3-5,8H2,1-2H3. The van der Waals surface area contributed by atoms with Crippen LogP contribution < -0.4 is 5.32 Å². The Hall–Kier alpha value is -1.05. The van der Waals surface area contributed by atoms with Crippen molar-refractivity contribution >= 4 is 10.0 Å². The Morgan fingerprint density at radius 3 is 2.65 bits per heavy atom. The second-order valence-electron chi connectivity index (χ2n) is 5.02. The molecule has 112 valence electrons. The molecule has 1 heterocycles. The minimum Gasteiger partial charge on any atom is -0.316 e. The maximum atomic E-state index is 13.9. The van der Waals surface area contributed by atoms with E-state index in [-0.39, 0.29) is 18.2 Å². The van der Waals surface area contributed by atoms with E-state index < -0.39 is 26.6 Å². The molecule has 7 heteroatoms. The monoisotopic (exact) mass is 304 g/mol. The van der Waals surface area contributed by atoms with E-state index in [1.807, 2.05) is 0 Å². The van der Waals surface area contributed by atoms with Gasteiger partial charge >= 0.3 is 0 Å². The van der Waals surface area contributed by atoms with E-state index in [1.54, 1.807) is 7.05 Å². The van der Waals surface area contributed by atoms with Crippen molar-refractivity contribution in [3.05, 3.63) is 29.3 Å². The number of sulfonamides is 1. The number of benzene rings is 1. The molecule has 2 rings (SSSR count). The average molecular weight is 304 g/mol. The quantitative estimate of drug-likeness (QED) is 0.924. The third-order valence-corrected chi connectivity index (χ3v) is 5.50. The van der Waals surface area contributed by atoms with E-state index in [0.29, 0.717) is 13.0 Å². The molecule has 1 fully saturated rings. The zero-order chi connectivity index (χ0) is 14.9. The predicted molar refractivity (Wildman–Crippen MR) is 71.9 cm³/mol. The van der Waals surface area contributed by atoms with Gasteiger partial charge in [-0.05, 0) is 44.5 Å². The van der Waals surface area contributed by atoms with E-state index in [9.17, 15) is 17.2 Å². The van der Waals surface area contributed by atoms with Crippen molar-refractivity contribution in [1.29, 1.82) is 0 Å². The third-order valence-electron chi connectivity index (χ3n) is 3.62. The van der Waals surface area contributed by atoms with Crippen LogP contribution in [-0.4, -0.2) is 38.9 Å². The Morgan fingerprint density at radius 2 is 2.00 bits per heavy atom. The van der Waals surface area contributed by atoms with Crippen molar-refractivity contribution in [1.82, 2.24) is 9.62 Å². The number of likely N-dealkylation sites (N-methyl/N-ethyl adjacent to an activating group) is 1. The van der Waals surface area contributed by atoms with Gasteiger partial charge in [0.2, 0.25) is 10.0 Å². The highest BCUT2D eigenvalue weighted by atomic mass is 32.2. The summed E-state index contributed by atoms with van der Waals surface area (Å²) in [7, 11) is -2.24. The molecule has 1 aromatic rings. The molecule has 1 unspecified atom stereocenters. The van der Waals surface area contributed by atoms with Crippen molar-refractivity contribution in [2.24, 2.45) is 0 Å². The van der Waals surface area contributed by atoms with Crippen molar-refractivity contribution in [2.45, 2.75) is 30.7 Å².